The number of pyridine rings is 1. The van der Waals surface area contributed by atoms with Crippen LogP contribution in [0.2, 0.25) is 0 Å². The smallest absolute Gasteiger partial charge is 0.276 e. The van der Waals surface area contributed by atoms with E-state index in [2.05, 4.69) is 57.9 Å². The number of piperazine rings is 1. The molecule has 4 heteroatoms. The number of benzene rings is 1. The van der Waals surface area contributed by atoms with Gasteiger partial charge in [0.25, 0.3) is 5.82 Å². The highest BCUT2D eigenvalue weighted by atomic mass is 16.5. The minimum absolute atomic E-state index is 0.911. The van der Waals surface area contributed by atoms with Gasteiger partial charge in [-0.2, -0.15) is 0 Å². The van der Waals surface area contributed by atoms with Crippen LogP contribution in [0.3, 0.4) is 0 Å². The Labute approximate surface area is 126 Å². The molecule has 0 radical (unpaired) electrons. The van der Waals surface area contributed by atoms with Crippen molar-refractivity contribution in [3.8, 4) is 5.75 Å². The number of hydrogen-bond donors (Lipinski definition) is 0. The van der Waals surface area contributed by atoms with Gasteiger partial charge in [-0.1, -0.05) is 6.07 Å². The van der Waals surface area contributed by atoms with Gasteiger partial charge >= 0.3 is 0 Å². The highest BCUT2D eigenvalue weighted by Crippen LogP contribution is 2.21. The molecule has 2 heterocycles. The molecule has 0 unspecified atom stereocenters. The Balaban J connectivity index is 1.66. The molecule has 0 spiro atoms. The highest BCUT2D eigenvalue weighted by molar-refractivity contribution is 5.50. The van der Waals surface area contributed by atoms with E-state index < -0.39 is 0 Å². The second-order valence-electron chi connectivity index (χ2n) is 5.34. The lowest BCUT2D eigenvalue weighted by molar-refractivity contribution is -0.659. The Morgan fingerprint density at radius 2 is 1.57 bits per heavy atom. The normalized spacial score (nSPS) is 15.1. The lowest BCUT2D eigenvalue weighted by atomic mass is 10.2. The van der Waals surface area contributed by atoms with E-state index in [1.807, 2.05) is 12.1 Å². The molecule has 21 heavy (non-hydrogen) atoms. The highest BCUT2D eigenvalue weighted by Gasteiger charge is 2.24. The Bertz CT molecular complexity index is 589. The fourth-order valence-corrected chi connectivity index (χ4v) is 2.83. The van der Waals surface area contributed by atoms with E-state index in [1.54, 1.807) is 7.11 Å². The monoisotopic (exact) mass is 284 g/mol. The molecule has 2 aromatic rings. The SMILES string of the molecule is COc1ccc(N2CCN(c3cccc[n+]3C)CC2)cc1. The van der Waals surface area contributed by atoms with Gasteiger partial charge in [-0.05, 0) is 30.3 Å². The molecule has 0 N–H and O–H groups in total. The van der Waals surface area contributed by atoms with E-state index in [-0.39, 0.29) is 0 Å². The molecule has 4 nitrogen and oxygen atoms in total. The van der Waals surface area contributed by atoms with Crippen LogP contribution in [-0.2, 0) is 7.05 Å². The zero-order chi connectivity index (χ0) is 14.7. The van der Waals surface area contributed by atoms with Crippen LogP contribution in [0.5, 0.6) is 5.75 Å². The first-order valence-electron chi connectivity index (χ1n) is 7.36. The van der Waals surface area contributed by atoms with Crippen LogP contribution in [0, 0.1) is 0 Å². The summed E-state index contributed by atoms with van der Waals surface area (Å²) in [5.74, 6) is 2.19. The molecule has 0 amide bonds. The number of aromatic nitrogens is 1. The summed E-state index contributed by atoms with van der Waals surface area (Å²) in [6, 6.07) is 14.7. The molecule has 1 aliphatic rings. The second kappa shape index (κ2) is 6.04. The number of anilines is 2. The third-order valence-corrected chi connectivity index (χ3v) is 4.07. The van der Waals surface area contributed by atoms with E-state index in [0.29, 0.717) is 0 Å². The largest absolute Gasteiger partial charge is 0.497 e. The van der Waals surface area contributed by atoms with Gasteiger partial charge in [-0.3, -0.25) is 4.90 Å². The van der Waals surface area contributed by atoms with Gasteiger partial charge in [0.05, 0.1) is 33.4 Å². The maximum absolute atomic E-state index is 5.22. The van der Waals surface area contributed by atoms with Crippen LogP contribution < -0.4 is 19.1 Å². The molecule has 1 saturated heterocycles. The summed E-state index contributed by atoms with van der Waals surface area (Å²) in [5, 5.41) is 0. The summed E-state index contributed by atoms with van der Waals surface area (Å²) >= 11 is 0. The number of methoxy groups -OCH3 is 1. The van der Waals surface area contributed by atoms with Crippen LogP contribution in [0.4, 0.5) is 11.5 Å². The van der Waals surface area contributed by atoms with Crippen molar-refractivity contribution < 1.29 is 9.30 Å². The Hall–Kier alpha value is -2.23. The molecule has 110 valence electrons. The average Bonchev–Trinajstić information content (AvgIpc) is 2.56. The lowest BCUT2D eigenvalue weighted by Crippen LogP contribution is -2.50. The predicted molar refractivity (Wildman–Crippen MR) is 85.0 cm³/mol. The zero-order valence-electron chi connectivity index (χ0n) is 12.7. The number of hydrogen-bond acceptors (Lipinski definition) is 3. The van der Waals surface area contributed by atoms with Crippen molar-refractivity contribution >= 4 is 11.5 Å². The lowest BCUT2D eigenvalue weighted by Gasteiger charge is -2.33. The topological polar surface area (TPSA) is 19.6 Å². The van der Waals surface area contributed by atoms with Gasteiger partial charge < -0.3 is 9.64 Å². The first-order chi connectivity index (χ1) is 10.3. The summed E-state index contributed by atoms with van der Waals surface area (Å²) < 4.78 is 7.40. The Kier molecular flexibility index (Phi) is 3.95. The molecule has 3 rings (SSSR count). The van der Waals surface area contributed by atoms with E-state index in [9.17, 15) is 0 Å². The summed E-state index contributed by atoms with van der Waals surface area (Å²) in [6.45, 7) is 4.18. The van der Waals surface area contributed by atoms with Gasteiger partial charge in [-0.15, -0.1) is 0 Å². The van der Waals surface area contributed by atoms with Crippen LogP contribution >= 0.6 is 0 Å². The number of rotatable bonds is 3. The number of nitrogens with zero attached hydrogens (tertiary/aromatic N) is 3. The van der Waals surface area contributed by atoms with Crippen LogP contribution in [0.1, 0.15) is 0 Å². The van der Waals surface area contributed by atoms with E-state index in [1.165, 1.54) is 11.5 Å². The Morgan fingerprint density at radius 3 is 2.19 bits per heavy atom. The molecular weight excluding hydrogens is 262 g/mol. The van der Waals surface area contributed by atoms with E-state index >= 15 is 0 Å². The standard InChI is InChI=1S/C17H22N3O/c1-18-10-4-3-5-17(18)20-13-11-19(12-14-20)15-6-8-16(21-2)9-7-15/h3-10H,11-14H2,1-2H3/q+1. The van der Waals surface area contributed by atoms with Gasteiger partial charge in [0.1, 0.15) is 18.8 Å². The molecule has 1 aromatic carbocycles. The number of ether oxygens (including phenoxy) is 1. The molecule has 1 aliphatic heterocycles. The molecule has 0 aliphatic carbocycles. The van der Waals surface area contributed by atoms with Gasteiger partial charge in [0.2, 0.25) is 0 Å². The average molecular weight is 284 g/mol. The van der Waals surface area contributed by atoms with Crippen molar-refractivity contribution in [1.82, 2.24) is 0 Å². The minimum atomic E-state index is 0.911. The summed E-state index contributed by atoms with van der Waals surface area (Å²) in [4.78, 5) is 4.87. The van der Waals surface area contributed by atoms with Crippen molar-refractivity contribution in [2.24, 2.45) is 7.05 Å². The van der Waals surface area contributed by atoms with Gasteiger partial charge in [-0.25, -0.2) is 4.57 Å². The molecule has 0 bridgehead atoms. The minimum Gasteiger partial charge on any atom is -0.497 e. The van der Waals surface area contributed by atoms with Crippen molar-refractivity contribution in [2.45, 2.75) is 0 Å². The maximum Gasteiger partial charge on any atom is 0.276 e. The summed E-state index contributed by atoms with van der Waals surface area (Å²) in [6.07, 6.45) is 2.10. The fourth-order valence-electron chi connectivity index (χ4n) is 2.83. The van der Waals surface area contributed by atoms with Crippen LogP contribution in [-0.4, -0.2) is 33.3 Å². The third-order valence-electron chi connectivity index (χ3n) is 4.07. The van der Waals surface area contributed by atoms with Crippen molar-refractivity contribution in [3.05, 3.63) is 48.7 Å². The first kappa shape index (κ1) is 13.7. The Morgan fingerprint density at radius 1 is 0.905 bits per heavy atom. The quantitative estimate of drug-likeness (QED) is 0.802. The fraction of sp³-hybridized carbons (Fsp3) is 0.353. The van der Waals surface area contributed by atoms with E-state index in [0.717, 1.165) is 31.9 Å². The van der Waals surface area contributed by atoms with Crippen LogP contribution in [0.15, 0.2) is 48.7 Å². The number of aryl methyl sites for hydroxylation is 1. The third kappa shape index (κ3) is 2.94. The van der Waals surface area contributed by atoms with Gasteiger partial charge in [0, 0.05) is 11.8 Å². The predicted octanol–water partition coefficient (Wildman–Crippen LogP) is 1.85. The molecule has 0 atom stereocenters. The zero-order valence-corrected chi connectivity index (χ0v) is 12.7. The van der Waals surface area contributed by atoms with Crippen molar-refractivity contribution in [1.29, 1.82) is 0 Å². The van der Waals surface area contributed by atoms with Crippen LogP contribution in [0.25, 0.3) is 0 Å². The van der Waals surface area contributed by atoms with E-state index in [4.69, 9.17) is 4.74 Å². The second-order valence-corrected chi connectivity index (χ2v) is 5.34. The molecule has 1 aromatic heterocycles. The maximum atomic E-state index is 5.22. The van der Waals surface area contributed by atoms with Crippen molar-refractivity contribution in [2.75, 3.05) is 43.1 Å². The first-order valence-corrected chi connectivity index (χ1v) is 7.36. The molecule has 1 fully saturated rings. The summed E-state index contributed by atoms with van der Waals surface area (Å²) in [7, 11) is 3.80. The van der Waals surface area contributed by atoms with Gasteiger partial charge in [0.15, 0.2) is 0 Å². The molecular formula is C17H22N3O+. The summed E-state index contributed by atoms with van der Waals surface area (Å²) in [5.41, 5.74) is 1.27. The molecule has 0 saturated carbocycles. The van der Waals surface area contributed by atoms with Crippen molar-refractivity contribution in [3.63, 3.8) is 0 Å².